The van der Waals surface area contributed by atoms with Gasteiger partial charge in [0.2, 0.25) is 0 Å². The third kappa shape index (κ3) is 3.04. The number of pyridine rings is 1. The van der Waals surface area contributed by atoms with Crippen LogP contribution in [0.4, 0.5) is 5.69 Å². The van der Waals surface area contributed by atoms with Crippen molar-refractivity contribution in [1.82, 2.24) is 14.5 Å². The SMILES string of the molecule is CC(C)Oc1ccc(-n2cnc3c(sc4nccc(N(C)C)c43)c2=O)cc1. The number of fused-ring (bicyclic) bond motifs is 3. The number of nitrogens with zero attached hydrogens (tertiary/aromatic N) is 4. The molecule has 0 amide bonds. The van der Waals surface area contributed by atoms with Crippen LogP contribution in [0.1, 0.15) is 13.8 Å². The molecule has 0 aliphatic heterocycles. The average molecular weight is 380 g/mol. The van der Waals surface area contributed by atoms with Crippen molar-refractivity contribution in [2.45, 2.75) is 20.0 Å². The molecule has 27 heavy (non-hydrogen) atoms. The number of rotatable bonds is 4. The van der Waals surface area contributed by atoms with Gasteiger partial charge in [0.05, 0.1) is 28.4 Å². The lowest BCUT2D eigenvalue weighted by Gasteiger charge is -2.13. The third-order valence-electron chi connectivity index (χ3n) is 4.23. The molecule has 4 rings (SSSR count). The van der Waals surface area contributed by atoms with Gasteiger partial charge in [-0.1, -0.05) is 0 Å². The van der Waals surface area contributed by atoms with Crippen LogP contribution < -0.4 is 15.2 Å². The largest absolute Gasteiger partial charge is 0.491 e. The van der Waals surface area contributed by atoms with Crippen LogP contribution >= 0.6 is 11.3 Å². The Morgan fingerprint density at radius 2 is 1.85 bits per heavy atom. The Bertz CT molecular complexity index is 1180. The first-order valence-electron chi connectivity index (χ1n) is 8.69. The predicted octanol–water partition coefficient (Wildman–Crippen LogP) is 3.85. The fraction of sp³-hybridized carbons (Fsp3) is 0.250. The van der Waals surface area contributed by atoms with Crippen molar-refractivity contribution < 1.29 is 4.74 Å². The fourth-order valence-corrected chi connectivity index (χ4v) is 4.10. The number of hydrogen-bond acceptors (Lipinski definition) is 6. The van der Waals surface area contributed by atoms with E-state index in [1.807, 2.05) is 63.2 Å². The molecule has 6 nitrogen and oxygen atoms in total. The Labute approximate surface area is 160 Å². The van der Waals surface area contributed by atoms with Gasteiger partial charge in [-0.3, -0.25) is 9.36 Å². The van der Waals surface area contributed by atoms with E-state index in [-0.39, 0.29) is 11.7 Å². The molecule has 4 aromatic rings. The van der Waals surface area contributed by atoms with Crippen molar-refractivity contribution in [3.63, 3.8) is 0 Å². The molecule has 0 saturated heterocycles. The minimum absolute atomic E-state index is 0.0924. The van der Waals surface area contributed by atoms with Crippen molar-refractivity contribution in [3.05, 3.63) is 53.2 Å². The lowest BCUT2D eigenvalue weighted by atomic mass is 10.2. The molecule has 3 heterocycles. The van der Waals surface area contributed by atoms with E-state index in [4.69, 9.17) is 4.74 Å². The Kier molecular flexibility index (Phi) is 4.31. The minimum atomic E-state index is -0.0924. The molecular weight excluding hydrogens is 360 g/mol. The molecule has 0 N–H and O–H groups in total. The van der Waals surface area contributed by atoms with Gasteiger partial charge in [-0.15, -0.1) is 11.3 Å². The summed E-state index contributed by atoms with van der Waals surface area (Å²) in [4.78, 5) is 25.0. The fourth-order valence-electron chi connectivity index (χ4n) is 3.05. The molecule has 0 atom stereocenters. The van der Waals surface area contributed by atoms with E-state index in [1.54, 1.807) is 17.1 Å². The van der Waals surface area contributed by atoms with Crippen LogP contribution in [-0.2, 0) is 0 Å². The van der Waals surface area contributed by atoms with E-state index >= 15 is 0 Å². The zero-order valence-electron chi connectivity index (χ0n) is 15.6. The summed E-state index contributed by atoms with van der Waals surface area (Å²) in [7, 11) is 3.95. The molecule has 0 spiro atoms. The second kappa shape index (κ2) is 6.66. The summed E-state index contributed by atoms with van der Waals surface area (Å²) in [6, 6.07) is 9.40. The topological polar surface area (TPSA) is 60.2 Å². The van der Waals surface area contributed by atoms with E-state index in [0.29, 0.717) is 10.2 Å². The first-order valence-corrected chi connectivity index (χ1v) is 9.50. The lowest BCUT2D eigenvalue weighted by Crippen LogP contribution is -2.17. The number of ether oxygens (including phenoxy) is 1. The third-order valence-corrected chi connectivity index (χ3v) is 5.30. The number of benzene rings is 1. The highest BCUT2D eigenvalue weighted by molar-refractivity contribution is 7.25. The van der Waals surface area contributed by atoms with E-state index in [0.717, 1.165) is 27.3 Å². The zero-order valence-corrected chi connectivity index (χ0v) is 16.4. The van der Waals surface area contributed by atoms with Gasteiger partial charge in [0.1, 0.15) is 21.6 Å². The lowest BCUT2D eigenvalue weighted by molar-refractivity contribution is 0.242. The molecule has 0 fully saturated rings. The van der Waals surface area contributed by atoms with Crippen molar-refractivity contribution in [1.29, 1.82) is 0 Å². The zero-order chi connectivity index (χ0) is 19.1. The van der Waals surface area contributed by atoms with Gasteiger partial charge < -0.3 is 9.64 Å². The van der Waals surface area contributed by atoms with Crippen LogP contribution in [0, 0.1) is 0 Å². The maximum absolute atomic E-state index is 13.1. The molecule has 138 valence electrons. The number of hydrogen-bond donors (Lipinski definition) is 0. The molecule has 3 aromatic heterocycles. The molecule has 0 aliphatic rings. The van der Waals surface area contributed by atoms with Crippen LogP contribution in [0.5, 0.6) is 5.75 Å². The first kappa shape index (κ1) is 17.5. The molecule has 0 aliphatic carbocycles. The maximum atomic E-state index is 13.1. The second-order valence-electron chi connectivity index (χ2n) is 6.76. The molecule has 0 radical (unpaired) electrons. The summed E-state index contributed by atoms with van der Waals surface area (Å²) in [5.41, 5.74) is 2.37. The highest BCUT2D eigenvalue weighted by atomic mass is 32.1. The van der Waals surface area contributed by atoms with Crippen LogP contribution in [0.2, 0.25) is 0 Å². The minimum Gasteiger partial charge on any atom is -0.491 e. The van der Waals surface area contributed by atoms with Gasteiger partial charge in [0.25, 0.3) is 5.56 Å². The molecule has 0 unspecified atom stereocenters. The summed E-state index contributed by atoms with van der Waals surface area (Å²) in [6.07, 6.45) is 3.45. The van der Waals surface area contributed by atoms with Crippen LogP contribution in [-0.4, -0.2) is 34.7 Å². The van der Waals surface area contributed by atoms with Gasteiger partial charge in [-0.2, -0.15) is 0 Å². The van der Waals surface area contributed by atoms with E-state index in [9.17, 15) is 4.79 Å². The number of aromatic nitrogens is 3. The van der Waals surface area contributed by atoms with Gasteiger partial charge in [0, 0.05) is 20.3 Å². The van der Waals surface area contributed by atoms with Crippen LogP contribution in [0.3, 0.4) is 0 Å². The van der Waals surface area contributed by atoms with Gasteiger partial charge >= 0.3 is 0 Å². The average Bonchev–Trinajstić information content (AvgIpc) is 3.02. The summed E-state index contributed by atoms with van der Waals surface area (Å²) in [5, 5.41) is 0.924. The van der Waals surface area contributed by atoms with Crippen molar-refractivity contribution >= 4 is 37.5 Å². The summed E-state index contributed by atoms with van der Waals surface area (Å²) >= 11 is 1.38. The predicted molar refractivity (Wildman–Crippen MR) is 111 cm³/mol. The normalized spacial score (nSPS) is 11.4. The quantitative estimate of drug-likeness (QED) is 0.538. The highest BCUT2D eigenvalue weighted by Crippen LogP contribution is 2.35. The summed E-state index contributed by atoms with van der Waals surface area (Å²) in [5.74, 6) is 0.775. The van der Waals surface area contributed by atoms with Crippen molar-refractivity contribution in [2.24, 2.45) is 0 Å². The Morgan fingerprint density at radius 1 is 1.11 bits per heavy atom. The summed E-state index contributed by atoms with van der Waals surface area (Å²) in [6.45, 7) is 3.96. The van der Waals surface area contributed by atoms with E-state index in [1.165, 1.54) is 11.3 Å². The molecule has 7 heteroatoms. The maximum Gasteiger partial charge on any atom is 0.275 e. The van der Waals surface area contributed by atoms with E-state index < -0.39 is 0 Å². The van der Waals surface area contributed by atoms with Crippen LogP contribution in [0.15, 0.2) is 47.7 Å². The van der Waals surface area contributed by atoms with Crippen molar-refractivity contribution in [3.8, 4) is 11.4 Å². The van der Waals surface area contributed by atoms with Gasteiger partial charge in [-0.25, -0.2) is 9.97 Å². The van der Waals surface area contributed by atoms with Gasteiger partial charge in [0.15, 0.2) is 0 Å². The Hall–Kier alpha value is -2.93. The van der Waals surface area contributed by atoms with Crippen LogP contribution in [0.25, 0.3) is 26.1 Å². The Balaban J connectivity index is 1.87. The number of anilines is 1. The second-order valence-corrected chi connectivity index (χ2v) is 7.76. The smallest absolute Gasteiger partial charge is 0.275 e. The van der Waals surface area contributed by atoms with Crippen molar-refractivity contribution in [2.75, 3.05) is 19.0 Å². The molecule has 1 aromatic carbocycles. The molecule has 0 saturated carbocycles. The van der Waals surface area contributed by atoms with Gasteiger partial charge in [-0.05, 0) is 44.2 Å². The highest BCUT2D eigenvalue weighted by Gasteiger charge is 2.16. The Morgan fingerprint density at radius 3 is 2.52 bits per heavy atom. The van der Waals surface area contributed by atoms with E-state index in [2.05, 4.69) is 9.97 Å². The summed E-state index contributed by atoms with van der Waals surface area (Å²) < 4.78 is 7.84. The molecular formula is C20H20N4O2S. The number of thiophene rings is 1. The first-order chi connectivity index (χ1) is 13.0. The molecule has 0 bridgehead atoms. The monoisotopic (exact) mass is 380 g/mol. The standard InChI is InChI=1S/C20H20N4O2S/c1-12(2)26-14-7-5-13(6-8-14)24-11-22-17-16-15(23(3)4)9-10-21-19(16)27-18(17)20(24)25/h5-12H,1-4H3.